The predicted molar refractivity (Wildman–Crippen MR) is 49.7 cm³/mol. The predicted octanol–water partition coefficient (Wildman–Crippen LogP) is 1.76. The van der Waals surface area contributed by atoms with Gasteiger partial charge in [-0.3, -0.25) is 0 Å². The molecule has 0 aliphatic rings. The summed E-state index contributed by atoms with van der Waals surface area (Å²) in [4.78, 5) is 0.308. The molecular formula is C9H9NO2S. The highest BCUT2D eigenvalue weighted by molar-refractivity contribution is 7.79. The molecule has 68 valence electrons. The van der Waals surface area contributed by atoms with E-state index in [2.05, 4.69) is 0 Å². The number of hydrogen-bond acceptors (Lipinski definition) is 2. The van der Waals surface area contributed by atoms with Crippen molar-refractivity contribution in [3.63, 3.8) is 0 Å². The van der Waals surface area contributed by atoms with Crippen LogP contribution in [0.5, 0.6) is 0 Å². The van der Waals surface area contributed by atoms with E-state index in [1.54, 1.807) is 26.0 Å². The first-order chi connectivity index (χ1) is 6.07. The molecule has 0 bridgehead atoms. The minimum absolute atomic E-state index is 0.308. The van der Waals surface area contributed by atoms with Crippen LogP contribution in [0.3, 0.4) is 0 Å². The second-order valence-electron chi connectivity index (χ2n) is 2.74. The molecular weight excluding hydrogens is 186 g/mol. The molecule has 1 aromatic rings. The number of hydrogen-bond donors (Lipinski definition) is 1. The summed E-state index contributed by atoms with van der Waals surface area (Å²) < 4.78 is 19.7. The van der Waals surface area contributed by atoms with Gasteiger partial charge in [-0.1, -0.05) is 6.07 Å². The molecule has 0 spiro atoms. The van der Waals surface area contributed by atoms with Gasteiger partial charge >= 0.3 is 0 Å². The summed E-state index contributed by atoms with van der Waals surface area (Å²) in [5, 5.41) is 8.77. The van der Waals surface area contributed by atoms with Crippen LogP contribution >= 0.6 is 0 Å². The topological polar surface area (TPSA) is 61.1 Å². The number of nitrogens with zero attached hydrogens (tertiary/aromatic N) is 1. The molecule has 1 unspecified atom stereocenters. The second kappa shape index (κ2) is 3.69. The quantitative estimate of drug-likeness (QED) is 0.694. The molecule has 3 nitrogen and oxygen atoms in total. The Morgan fingerprint density at radius 1 is 1.46 bits per heavy atom. The summed E-state index contributed by atoms with van der Waals surface area (Å²) in [6, 6.07) is 5.26. The van der Waals surface area contributed by atoms with Gasteiger partial charge in [0.15, 0.2) is 11.1 Å². The van der Waals surface area contributed by atoms with Crippen LogP contribution in [0.4, 0.5) is 0 Å². The van der Waals surface area contributed by atoms with E-state index in [1.807, 2.05) is 6.07 Å². The third-order valence-electron chi connectivity index (χ3n) is 1.92. The maximum absolute atomic E-state index is 10.8. The van der Waals surface area contributed by atoms with E-state index >= 15 is 0 Å². The zero-order chi connectivity index (χ0) is 10.0. The lowest BCUT2D eigenvalue weighted by Gasteiger charge is -2.05. The summed E-state index contributed by atoms with van der Waals surface area (Å²) in [5.41, 5.74) is 1.90. The molecule has 0 aromatic heterocycles. The van der Waals surface area contributed by atoms with Crippen molar-refractivity contribution in [3.8, 4) is 6.07 Å². The Hall–Kier alpha value is -1.18. The van der Waals surface area contributed by atoms with E-state index in [1.165, 1.54) is 0 Å². The lowest BCUT2D eigenvalue weighted by Crippen LogP contribution is -1.97. The zero-order valence-corrected chi connectivity index (χ0v) is 8.18. The Balaban J connectivity index is 3.47. The largest absolute Gasteiger partial charge is 0.302 e. The molecule has 0 aliphatic heterocycles. The van der Waals surface area contributed by atoms with E-state index in [0.29, 0.717) is 16.0 Å². The SMILES string of the molecule is Cc1ccc(S(=O)O)c(C)c1C#N. The second-order valence-corrected chi connectivity index (χ2v) is 3.68. The first-order valence-corrected chi connectivity index (χ1v) is 4.79. The molecule has 0 saturated heterocycles. The van der Waals surface area contributed by atoms with Crippen LogP contribution in [0.2, 0.25) is 0 Å². The molecule has 1 rings (SSSR count). The third kappa shape index (κ3) is 1.77. The molecule has 0 heterocycles. The van der Waals surface area contributed by atoms with Crippen LogP contribution in [0.15, 0.2) is 17.0 Å². The molecule has 1 N–H and O–H groups in total. The Bertz CT molecular complexity index is 407. The van der Waals surface area contributed by atoms with Crippen molar-refractivity contribution in [2.45, 2.75) is 18.7 Å². The lowest BCUT2D eigenvalue weighted by molar-refractivity contribution is 0.563. The average Bonchev–Trinajstić information content (AvgIpc) is 2.04. The lowest BCUT2D eigenvalue weighted by atomic mass is 10.0. The van der Waals surface area contributed by atoms with Gasteiger partial charge in [-0.05, 0) is 31.0 Å². The van der Waals surface area contributed by atoms with E-state index < -0.39 is 11.1 Å². The molecule has 1 atom stereocenters. The van der Waals surface area contributed by atoms with Crippen molar-refractivity contribution >= 4 is 11.1 Å². The Morgan fingerprint density at radius 3 is 2.54 bits per heavy atom. The van der Waals surface area contributed by atoms with Crippen LogP contribution in [-0.4, -0.2) is 8.76 Å². The van der Waals surface area contributed by atoms with Crippen LogP contribution in [-0.2, 0) is 11.1 Å². The molecule has 4 heteroatoms. The van der Waals surface area contributed by atoms with Gasteiger partial charge in [-0.25, -0.2) is 4.21 Å². The number of nitriles is 1. The summed E-state index contributed by atoms with van der Waals surface area (Å²) in [6.45, 7) is 3.48. The van der Waals surface area contributed by atoms with E-state index in [0.717, 1.165) is 5.56 Å². The first kappa shape index (κ1) is 9.90. The highest BCUT2D eigenvalue weighted by Crippen LogP contribution is 2.19. The molecule has 0 amide bonds. The molecule has 0 radical (unpaired) electrons. The third-order valence-corrected chi connectivity index (χ3v) is 2.74. The fourth-order valence-electron chi connectivity index (χ4n) is 1.19. The van der Waals surface area contributed by atoms with Crippen molar-refractivity contribution in [1.29, 1.82) is 5.26 Å². The minimum atomic E-state index is -2.01. The maximum atomic E-state index is 10.8. The van der Waals surface area contributed by atoms with Crippen LogP contribution in [0, 0.1) is 25.2 Å². The van der Waals surface area contributed by atoms with Gasteiger partial charge < -0.3 is 4.55 Å². The van der Waals surface area contributed by atoms with E-state index in [9.17, 15) is 4.21 Å². The van der Waals surface area contributed by atoms with Crippen molar-refractivity contribution in [2.24, 2.45) is 0 Å². The van der Waals surface area contributed by atoms with Gasteiger partial charge in [0.05, 0.1) is 16.5 Å². The number of rotatable bonds is 1. The van der Waals surface area contributed by atoms with E-state index in [-0.39, 0.29) is 0 Å². The Morgan fingerprint density at radius 2 is 2.08 bits per heavy atom. The molecule has 0 fully saturated rings. The van der Waals surface area contributed by atoms with Gasteiger partial charge in [0.1, 0.15) is 0 Å². The van der Waals surface area contributed by atoms with Crippen LogP contribution in [0.25, 0.3) is 0 Å². The first-order valence-electron chi connectivity index (χ1n) is 3.69. The fourth-order valence-corrected chi connectivity index (χ4v) is 1.74. The highest BCUT2D eigenvalue weighted by Gasteiger charge is 2.10. The fraction of sp³-hybridized carbons (Fsp3) is 0.222. The summed E-state index contributed by atoms with van der Waals surface area (Å²) in [7, 11) is 0. The minimum Gasteiger partial charge on any atom is -0.302 e. The van der Waals surface area contributed by atoms with Crippen LogP contribution in [0.1, 0.15) is 16.7 Å². The monoisotopic (exact) mass is 195 g/mol. The number of benzene rings is 1. The van der Waals surface area contributed by atoms with Crippen LogP contribution < -0.4 is 0 Å². The smallest absolute Gasteiger partial charge is 0.186 e. The van der Waals surface area contributed by atoms with Gasteiger partial charge in [-0.2, -0.15) is 5.26 Å². The summed E-state index contributed by atoms with van der Waals surface area (Å²) >= 11 is -2.01. The molecule has 0 aliphatic carbocycles. The zero-order valence-electron chi connectivity index (χ0n) is 7.37. The standard InChI is InChI=1S/C9H9NO2S/c1-6-3-4-9(13(11)12)7(2)8(6)5-10/h3-4H,1-2H3,(H,11,12). The average molecular weight is 195 g/mol. The van der Waals surface area contributed by atoms with Gasteiger partial charge in [0, 0.05) is 0 Å². The van der Waals surface area contributed by atoms with Crippen molar-refractivity contribution in [3.05, 3.63) is 28.8 Å². The normalized spacial score (nSPS) is 12.2. The Labute approximate surface area is 79.3 Å². The summed E-state index contributed by atoms with van der Waals surface area (Å²) in [5.74, 6) is 0. The van der Waals surface area contributed by atoms with Crippen molar-refractivity contribution in [2.75, 3.05) is 0 Å². The van der Waals surface area contributed by atoms with Gasteiger partial charge in [0.2, 0.25) is 0 Å². The van der Waals surface area contributed by atoms with Gasteiger partial charge in [-0.15, -0.1) is 0 Å². The Kier molecular flexibility index (Phi) is 2.81. The molecule has 0 saturated carbocycles. The highest BCUT2D eigenvalue weighted by atomic mass is 32.2. The van der Waals surface area contributed by atoms with Crippen molar-refractivity contribution in [1.82, 2.24) is 0 Å². The molecule has 1 aromatic carbocycles. The maximum Gasteiger partial charge on any atom is 0.186 e. The number of aryl methyl sites for hydroxylation is 1. The summed E-state index contributed by atoms with van der Waals surface area (Å²) in [6.07, 6.45) is 0. The van der Waals surface area contributed by atoms with E-state index in [4.69, 9.17) is 9.81 Å². The van der Waals surface area contributed by atoms with Crippen molar-refractivity contribution < 1.29 is 8.76 Å². The molecule has 13 heavy (non-hydrogen) atoms. The van der Waals surface area contributed by atoms with Gasteiger partial charge in [0.25, 0.3) is 0 Å².